The van der Waals surface area contributed by atoms with Crippen molar-refractivity contribution < 1.29 is 4.74 Å². The van der Waals surface area contributed by atoms with Crippen LogP contribution in [0.2, 0.25) is 0 Å². The van der Waals surface area contributed by atoms with Gasteiger partial charge in [-0.25, -0.2) is 0 Å². The number of ether oxygens (including phenoxy) is 1. The Kier molecular flexibility index (Phi) is 1.90. The number of nitrogens with two attached hydrogens (primary N) is 1. The lowest BCUT2D eigenvalue weighted by atomic mass is 10.3. The molecule has 1 aromatic rings. The quantitative estimate of drug-likeness (QED) is 0.613. The minimum absolute atomic E-state index is 0.308. The zero-order chi connectivity index (χ0) is 9.26. The maximum Gasteiger partial charge on any atom is 0.193 e. The molecule has 66 valence electrons. The highest BCUT2D eigenvalue weighted by atomic mass is 32.1. The summed E-state index contributed by atoms with van der Waals surface area (Å²) in [4.78, 5) is 0.558. The van der Waals surface area contributed by atoms with Crippen molar-refractivity contribution in [2.75, 3.05) is 5.32 Å². The van der Waals surface area contributed by atoms with Gasteiger partial charge in [0.05, 0.1) is 5.69 Å². The van der Waals surface area contributed by atoms with Gasteiger partial charge in [-0.1, -0.05) is 24.4 Å². The fraction of sp³-hybridized carbons (Fsp3) is 0. The monoisotopic (exact) mass is 192 g/mol. The Morgan fingerprint density at radius 1 is 1.31 bits per heavy atom. The van der Waals surface area contributed by atoms with E-state index in [-0.39, 0.29) is 0 Å². The summed E-state index contributed by atoms with van der Waals surface area (Å²) in [5.74, 6) is 0.999. The highest BCUT2D eigenvalue weighted by molar-refractivity contribution is 7.81. The lowest BCUT2D eigenvalue weighted by molar-refractivity contribution is 0.424. The Balaban J connectivity index is 2.46. The van der Waals surface area contributed by atoms with Crippen LogP contribution in [0.15, 0.2) is 36.2 Å². The van der Waals surface area contributed by atoms with E-state index in [4.69, 9.17) is 22.7 Å². The van der Waals surface area contributed by atoms with Crippen LogP contribution in [0.5, 0.6) is 5.75 Å². The van der Waals surface area contributed by atoms with Gasteiger partial charge in [-0.2, -0.15) is 0 Å². The van der Waals surface area contributed by atoms with E-state index in [0.717, 1.165) is 5.69 Å². The fourth-order valence-electron chi connectivity index (χ4n) is 1.11. The van der Waals surface area contributed by atoms with Gasteiger partial charge in [-0.3, -0.25) is 0 Å². The Hall–Kier alpha value is -1.55. The van der Waals surface area contributed by atoms with Crippen molar-refractivity contribution in [3.63, 3.8) is 0 Å². The topological polar surface area (TPSA) is 47.3 Å². The zero-order valence-electron chi connectivity index (χ0n) is 6.78. The maximum absolute atomic E-state index is 5.55. The zero-order valence-corrected chi connectivity index (χ0v) is 7.60. The van der Waals surface area contributed by atoms with Gasteiger partial charge in [0.25, 0.3) is 0 Å². The number of hydrogen-bond acceptors (Lipinski definition) is 3. The molecule has 1 heterocycles. The summed E-state index contributed by atoms with van der Waals surface area (Å²) in [5, 5.41) is 3.00. The first-order valence-electron chi connectivity index (χ1n) is 3.81. The van der Waals surface area contributed by atoms with E-state index in [1.165, 1.54) is 0 Å². The molecule has 0 fully saturated rings. The molecule has 0 atom stereocenters. The number of thiocarbonyl (C=S) groups is 1. The van der Waals surface area contributed by atoms with Gasteiger partial charge in [0.1, 0.15) is 4.99 Å². The SMILES string of the molecule is NC1=CC(=S)Nc2ccccc2O1. The molecule has 0 aromatic heterocycles. The largest absolute Gasteiger partial charge is 0.439 e. The number of anilines is 1. The van der Waals surface area contributed by atoms with Crippen molar-refractivity contribution >= 4 is 22.9 Å². The van der Waals surface area contributed by atoms with Crippen molar-refractivity contribution in [2.45, 2.75) is 0 Å². The van der Waals surface area contributed by atoms with Crippen LogP contribution in [-0.4, -0.2) is 4.99 Å². The van der Waals surface area contributed by atoms with E-state index in [1.807, 2.05) is 24.3 Å². The Morgan fingerprint density at radius 3 is 2.92 bits per heavy atom. The maximum atomic E-state index is 5.55. The number of nitrogens with one attached hydrogen (secondary N) is 1. The van der Waals surface area contributed by atoms with Crippen molar-refractivity contribution in [3.05, 3.63) is 36.2 Å². The van der Waals surface area contributed by atoms with Gasteiger partial charge in [0.15, 0.2) is 11.6 Å². The molecule has 13 heavy (non-hydrogen) atoms. The molecule has 0 saturated carbocycles. The number of fused-ring (bicyclic) bond motifs is 1. The highest BCUT2D eigenvalue weighted by Crippen LogP contribution is 2.26. The van der Waals surface area contributed by atoms with Crippen LogP contribution in [0, 0.1) is 0 Å². The van der Waals surface area contributed by atoms with Crippen molar-refractivity contribution in [3.8, 4) is 5.75 Å². The molecule has 0 spiro atoms. The molecule has 0 radical (unpaired) electrons. The van der Waals surface area contributed by atoms with Crippen LogP contribution in [-0.2, 0) is 0 Å². The second kappa shape index (κ2) is 3.06. The molecule has 1 aliphatic rings. The summed E-state index contributed by atoms with van der Waals surface area (Å²) in [6.07, 6.45) is 1.58. The van der Waals surface area contributed by atoms with Crippen molar-refractivity contribution in [1.82, 2.24) is 0 Å². The lowest BCUT2D eigenvalue weighted by Crippen LogP contribution is -2.07. The van der Waals surface area contributed by atoms with Crippen LogP contribution in [0.1, 0.15) is 0 Å². The predicted octanol–water partition coefficient (Wildman–Crippen LogP) is 1.62. The molecule has 1 aliphatic heterocycles. The van der Waals surface area contributed by atoms with Gasteiger partial charge in [0.2, 0.25) is 0 Å². The van der Waals surface area contributed by atoms with Gasteiger partial charge in [-0.15, -0.1) is 0 Å². The minimum Gasteiger partial charge on any atom is -0.439 e. The standard InChI is InChI=1S/C9H8N2OS/c10-8-5-9(13)11-6-3-1-2-4-7(6)12-8/h1-5H,10H2,(H,11,13). The molecule has 3 nitrogen and oxygen atoms in total. The molecule has 0 amide bonds. The number of hydrogen-bond donors (Lipinski definition) is 2. The summed E-state index contributed by atoms with van der Waals surface area (Å²) >= 11 is 5.00. The lowest BCUT2D eigenvalue weighted by Gasteiger charge is -2.06. The average Bonchev–Trinajstić information content (AvgIpc) is 2.20. The van der Waals surface area contributed by atoms with Gasteiger partial charge < -0.3 is 15.8 Å². The third-order valence-corrected chi connectivity index (χ3v) is 1.87. The van der Waals surface area contributed by atoms with E-state index in [9.17, 15) is 0 Å². The van der Waals surface area contributed by atoms with Crippen LogP contribution in [0.4, 0.5) is 5.69 Å². The third kappa shape index (κ3) is 1.62. The smallest absolute Gasteiger partial charge is 0.193 e. The normalized spacial score (nSPS) is 14.8. The number of rotatable bonds is 0. The first kappa shape index (κ1) is 8.07. The number of para-hydroxylation sites is 2. The Bertz CT molecular complexity index is 387. The minimum atomic E-state index is 0.308. The molecular weight excluding hydrogens is 184 g/mol. The van der Waals surface area contributed by atoms with Crippen LogP contribution in [0.25, 0.3) is 0 Å². The Labute approximate surface area is 81.2 Å². The molecule has 0 saturated heterocycles. The molecule has 4 heteroatoms. The molecule has 0 aliphatic carbocycles. The van der Waals surface area contributed by atoms with Crippen LogP contribution < -0.4 is 15.8 Å². The molecule has 1 aromatic carbocycles. The van der Waals surface area contributed by atoms with E-state index in [1.54, 1.807) is 6.08 Å². The summed E-state index contributed by atoms with van der Waals surface area (Å²) in [7, 11) is 0. The molecule has 0 unspecified atom stereocenters. The van der Waals surface area contributed by atoms with E-state index in [2.05, 4.69) is 5.32 Å². The Morgan fingerprint density at radius 2 is 2.08 bits per heavy atom. The number of benzene rings is 1. The summed E-state index contributed by atoms with van der Waals surface area (Å²) in [5.41, 5.74) is 6.39. The second-order valence-corrected chi connectivity index (χ2v) is 3.07. The fourth-order valence-corrected chi connectivity index (χ4v) is 1.34. The van der Waals surface area contributed by atoms with E-state index >= 15 is 0 Å². The summed E-state index contributed by atoms with van der Waals surface area (Å²) < 4.78 is 5.32. The summed E-state index contributed by atoms with van der Waals surface area (Å²) in [6, 6.07) is 7.49. The molecule has 0 bridgehead atoms. The molecule has 2 rings (SSSR count). The highest BCUT2D eigenvalue weighted by Gasteiger charge is 2.09. The van der Waals surface area contributed by atoms with Gasteiger partial charge >= 0.3 is 0 Å². The van der Waals surface area contributed by atoms with Crippen LogP contribution in [0.3, 0.4) is 0 Å². The molecular formula is C9H8N2OS. The first-order valence-corrected chi connectivity index (χ1v) is 4.21. The van der Waals surface area contributed by atoms with E-state index in [0.29, 0.717) is 16.6 Å². The second-order valence-electron chi connectivity index (χ2n) is 2.63. The third-order valence-electron chi connectivity index (χ3n) is 1.65. The average molecular weight is 192 g/mol. The van der Waals surface area contributed by atoms with Crippen LogP contribution >= 0.6 is 12.2 Å². The van der Waals surface area contributed by atoms with Crippen molar-refractivity contribution in [1.29, 1.82) is 0 Å². The van der Waals surface area contributed by atoms with Gasteiger partial charge in [-0.05, 0) is 12.1 Å². The first-order chi connectivity index (χ1) is 6.25. The summed E-state index contributed by atoms with van der Waals surface area (Å²) in [6.45, 7) is 0. The van der Waals surface area contributed by atoms with Crippen molar-refractivity contribution in [2.24, 2.45) is 5.73 Å². The van der Waals surface area contributed by atoms with Gasteiger partial charge in [0, 0.05) is 6.08 Å². The predicted molar refractivity (Wildman–Crippen MR) is 55.6 cm³/mol. The van der Waals surface area contributed by atoms with E-state index < -0.39 is 0 Å². The molecule has 3 N–H and O–H groups in total.